The van der Waals surface area contributed by atoms with Gasteiger partial charge in [-0.05, 0) is 48.2 Å². The molecule has 0 spiro atoms. The number of nitrogens with zero attached hydrogens (tertiary/aromatic N) is 1. The minimum Gasteiger partial charge on any atom is -0.478 e. The van der Waals surface area contributed by atoms with E-state index < -0.39 is 5.97 Å². The SMILES string of the molecule is O=C(O)c1ccc2nc(Sc3ccc(Cl)c(Cl)c3)oc2c1. The van der Waals surface area contributed by atoms with Gasteiger partial charge < -0.3 is 9.52 Å². The largest absolute Gasteiger partial charge is 0.478 e. The molecule has 106 valence electrons. The normalized spacial score (nSPS) is 11.0. The van der Waals surface area contributed by atoms with Crippen LogP contribution in [0.15, 0.2) is 50.9 Å². The fourth-order valence-electron chi connectivity index (χ4n) is 1.72. The van der Waals surface area contributed by atoms with E-state index in [4.69, 9.17) is 32.7 Å². The van der Waals surface area contributed by atoms with E-state index in [1.54, 1.807) is 24.3 Å². The Morgan fingerprint density at radius 2 is 1.95 bits per heavy atom. The maximum atomic E-state index is 10.9. The van der Waals surface area contributed by atoms with Gasteiger partial charge in [-0.2, -0.15) is 0 Å². The lowest BCUT2D eigenvalue weighted by Crippen LogP contribution is -1.94. The van der Waals surface area contributed by atoms with E-state index in [2.05, 4.69) is 4.98 Å². The Bertz CT molecular complexity index is 847. The minimum atomic E-state index is -1.01. The van der Waals surface area contributed by atoms with Crippen LogP contribution in [-0.4, -0.2) is 16.1 Å². The summed E-state index contributed by atoms with van der Waals surface area (Å²) in [6, 6.07) is 9.76. The second-order valence-corrected chi connectivity index (χ2v) is 5.98. The standard InChI is InChI=1S/C14H7Cl2NO3S/c15-9-3-2-8(6-10(9)16)21-14-17-11-4-1-7(13(18)19)5-12(11)20-14/h1-6H,(H,18,19). The van der Waals surface area contributed by atoms with E-state index in [1.807, 2.05) is 0 Å². The molecule has 0 saturated carbocycles. The predicted octanol–water partition coefficient (Wildman–Crippen LogP) is 4.98. The number of hydrogen-bond acceptors (Lipinski definition) is 4. The summed E-state index contributed by atoms with van der Waals surface area (Å²) in [4.78, 5) is 16.0. The summed E-state index contributed by atoms with van der Waals surface area (Å²) in [5.41, 5.74) is 1.18. The highest BCUT2D eigenvalue weighted by atomic mass is 35.5. The molecule has 3 rings (SSSR count). The summed E-state index contributed by atoms with van der Waals surface area (Å²) in [6.45, 7) is 0. The first-order chi connectivity index (χ1) is 10.0. The molecule has 3 aromatic rings. The Labute approximate surface area is 133 Å². The highest BCUT2D eigenvalue weighted by Crippen LogP contribution is 2.33. The number of carboxylic acid groups (broad SMARTS) is 1. The second-order valence-electron chi connectivity index (χ2n) is 4.15. The third-order valence-electron chi connectivity index (χ3n) is 2.71. The molecule has 7 heteroatoms. The molecule has 0 aliphatic heterocycles. The third kappa shape index (κ3) is 3.00. The van der Waals surface area contributed by atoms with Crippen LogP contribution >= 0.6 is 35.0 Å². The average Bonchev–Trinajstić information content (AvgIpc) is 2.84. The van der Waals surface area contributed by atoms with Crippen LogP contribution in [0.5, 0.6) is 0 Å². The van der Waals surface area contributed by atoms with Crippen molar-refractivity contribution >= 4 is 52.0 Å². The Kier molecular flexibility index (Phi) is 3.80. The minimum absolute atomic E-state index is 0.157. The quantitative estimate of drug-likeness (QED) is 0.728. The van der Waals surface area contributed by atoms with Crippen LogP contribution in [0.2, 0.25) is 10.0 Å². The molecule has 1 heterocycles. The monoisotopic (exact) mass is 339 g/mol. The van der Waals surface area contributed by atoms with Crippen molar-refractivity contribution in [2.75, 3.05) is 0 Å². The van der Waals surface area contributed by atoms with Crippen molar-refractivity contribution in [1.82, 2.24) is 4.98 Å². The molecular weight excluding hydrogens is 333 g/mol. The van der Waals surface area contributed by atoms with Gasteiger partial charge in [-0.1, -0.05) is 23.2 Å². The summed E-state index contributed by atoms with van der Waals surface area (Å²) in [7, 11) is 0. The summed E-state index contributed by atoms with van der Waals surface area (Å²) < 4.78 is 5.55. The van der Waals surface area contributed by atoms with Gasteiger partial charge in [0.15, 0.2) is 5.58 Å². The summed E-state index contributed by atoms with van der Waals surface area (Å²) in [5, 5.41) is 10.3. The van der Waals surface area contributed by atoms with Gasteiger partial charge in [0, 0.05) is 4.90 Å². The van der Waals surface area contributed by atoms with Gasteiger partial charge in [0.25, 0.3) is 5.22 Å². The van der Waals surface area contributed by atoms with Crippen molar-refractivity contribution < 1.29 is 14.3 Å². The first kappa shape index (κ1) is 14.3. The maximum absolute atomic E-state index is 10.9. The number of oxazole rings is 1. The van der Waals surface area contributed by atoms with Crippen molar-refractivity contribution in [1.29, 1.82) is 0 Å². The van der Waals surface area contributed by atoms with Gasteiger partial charge in [0.2, 0.25) is 0 Å². The zero-order chi connectivity index (χ0) is 15.0. The number of benzene rings is 2. The van der Waals surface area contributed by atoms with E-state index in [9.17, 15) is 4.79 Å². The molecular formula is C14H7Cl2NO3S. The zero-order valence-corrected chi connectivity index (χ0v) is 12.7. The number of hydrogen-bond donors (Lipinski definition) is 1. The summed E-state index contributed by atoms with van der Waals surface area (Å²) >= 11 is 13.1. The molecule has 0 bridgehead atoms. The van der Waals surface area contributed by atoms with Crippen LogP contribution in [0.1, 0.15) is 10.4 Å². The molecule has 0 aliphatic rings. The number of carbonyl (C=O) groups is 1. The Balaban J connectivity index is 1.93. The van der Waals surface area contributed by atoms with Crippen LogP contribution in [0.4, 0.5) is 0 Å². The fourth-order valence-corrected chi connectivity index (χ4v) is 2.87. The van der Waals surface area contributed by atoms with E-state index in [-0.39, 0.29) is 5.56 Å². The Morgan fingerprint density at radius 1 is 1.14 bits per heavy atom. The lowest BCUT2D eigenvalue weighted by molar-refractivity contribution is 0.0697. The van der Waals surface area contributed by atoms with E-state index in [1.165, 1.54) is 23.9 Å². The van der Waals surface area contributed by atoms with Crippen LogP contribution < -0.4 is 0 Å². The number of rotatable bonds is 3. The zero-order valence-electron chi connectivity index (χ0n) is 10.3. The molecule has 0 amide bonds. The first-order valence-corrected chi connectivity index (χ1v) is 7.37. The first-order valence-electron chi connectivity index (χ1n) is 5.80. The van der Waals surface area contributed by atoms with E-state index >= 15 is 0 Å². The molecule has 1 N–H and O–H groups in total. The molecule has 21 heavy (non-hydrogen) atoms. The molecule has 1 aromatic heterocycles. The molecule has 0 atom stereocenters. The third-order valence-corrected chi connectivity index (χ3v) is 4.29. The predicted molar refractivity (Wildman–Crippen MR) is 81.6 cm³/mol. The molecule has 0 radical (unpaired) electrons. The number of aromatic carboxylic acids is 1. The van der Waals surface area contributed by atoms with E-state index in [0.717, 1.165) is 4.90 Å². The number of carboxylic acids is 1. The lowest BCUT2D eigenvalue weighted by atomic mass is 10.2. The van der Waals surface area contributed by atoms with Crippen LogP contribution in [0.3, 0.4) is 0 Å². The van der Waals surface area contributed by atoms with Crippen LogP contribution in [-0.2, 0) is 0 Å². The Hall–Kier alpha value is -1.69. The second kappa shape index (κ2) is 5.60. The van der Waals surface area contributed by atoms with Crippen molar-refractivity contribution in [2.45, 2.75) is 10.1 Å². The smallest absolute Gasteiger partial charge is 0.335 e. The summed E-state index contributed by atoms with van der Waals surface area (Å²) in [6.07, 6.45) is 0. The lowest BCUT2D eigenvalue weighted by Gasteiger charge is -1.99. The van der Waals surface area contributed by atoms with Gasteiger partial charge in [-0.3, -0.25) is 0 Å². The van der Waals surface area contributed by atoms with Crippen LogP contribution in [0.25, 0.3) is 11.1 Å². The Morgan fingerprint density at radius 3 is 2.67 bits per heavy atom. The molecule has 4 nitrogen and oxygen atoms in total. The molecule has 2 aromatic carbocycles. The van der Waals surface area contributed by atoms with Crippen molar-refractivity contribution in [3.05, 3.63) is 52.0 Å². The summed E-state index contributed by atoms with van der Waals surface area (Å²) in [5.74, 6) is -1.01. The number of aromatic nitrogens is 1. The molecule has 0 unspecified atom stereocenters. The topological polar surface area (TPSA) is 63.3 Å². The van der Waals surface area contributed by atoms with Gasteiger partial charge in [0.1, 0.15) is 5.52 Å². The fraction of sp³-hybridized carbons (Fsp3) is 0. The maximum Gasteiger partial charge on any atom is 0.335 e. The number of halogens is 2. The molecule has 0 saturated heterocycles. The average molecular weight is 340 g/mol. The van der Waals surface area contributed by atoms with Gasteiger partial charge in [0.05, 0.1) is 15.6 Å². The van der Waals surface area contributed by atoms with Gasteiger partial charge in [-0.25, -0.2) is 9.78 Å². The highest BCUT2D eigenvalue weighted by Gasteiger charge is 2.11. The van der Waals surface area contributed by atoms with Crippen molar-refractivity contribution in [3.8, 4) is 0 Å². The van der Waals surface area contributed by atoms with E-state index in [0.29, 0.717) is 26.4 Å². The highest BCUT2D eigenvalue weighted by molar-refractivity contribution is 7.99. The van der Waals surface area contributed by atoms with Gasteiger partial charge in [-0.15, -0.1) is 0 Å². The van der Waals surface area contributed by atoms with Crippen molar-refractivity contribution in [2.24, 2.45) is 0 Å². The molecule has 0 aliphatic carbocycles. The van der Waals surface area contributed by atoms with Gasteiger partial charge >= 0.3 is 5.97 Å². The van der Waals surface area contributed by atoms with Crippen LogP contribution in [0, 0.1) is 0 Å². The van der Waals surface area contributed by atoms with Crippen molar-refractivity contribution in [3.63, 3.8) is 0 Å². The molecule has 0 fully saturated rings. The number of fused-ring (bicyclic) bond motifs is 1.